The summed E-state index contributed by atoms with van der Waals surface area (Å²) in [5, 5.41) is 0. The fourth-order valence-corrected chi connectivity index (χ4v) is 2.37. The molecule has 1 amide bonds. The summed E-state index contributed by atoms with van der Waals surface area (Å²) in [6.45, 7) is 5.20. The number of carbonyl (C=O) groups is 1. The fraction of sp³-hybridized carbons (Fsp3) is 0.500. The first kappa shape index (κ1) is 13.8. The summed E-state index contributed by atoms with van der Waals surface area (Å²) in [7, 11) is 0. The van der Waals surface area contributed by atoms with Crippen LogP contribution >= 0.6 is 0 Å². The SMILES string of the molecule is CC1CCN(C(=O)c2c(F)ccc(N)c2F)CC1C. The number of amides is 1. The van der Waals surface area contributed by atoms with Crippen LogP contribution in [0.4, 0.5) is 14.5 Å². The van der Waals surface area contributed by atoms with E-state index >= 15 is 0 Å². The Balaban J connectivity index is 2.28. The van der Waals surface area contributed by atoms with E-state index in [0.717, 1.165) is 18.6 Å². The van der Waals surface area contributed by atoms with E-state index in [1.807, 2.05) is 6.92 Å². The minimum atomic E-state index is -0.962. The van der Waals surface area contributed by atoms with Crippen molar-refractivity contribution in [1.29, 1.82) is 0 Å². The van der Waals surface area contributed by atoms with Crippen molar-refractivity contribution in [1.82, 2.24) is 4.90 Å². The third-order valence-corrected chi connectivity index (χ3v) is 3.96. The Labute approximate surface area is 111 Å². The summed E-state index contributed by atoms with van der Waals surface area (Å²) >= 11 is 0. The maximum absolute atomic E-state index is 13.8. The number of benzene rings is 1. The van der Waals surface area contributed by atoms with Gasteiger partial charge in [-0.15, -0.1) is 0 Å². The van der Waals surface area contributed by atoms with Gasteiger partial charge >= 0.3 is 0 Å². The molecule has 1 heterocycles. The van der Waals surface area contributed by atoms with Gasteiger partial charge in [-0.1, -0.05) is 13.8 Å². The van der Waals surface area contributed by atoms with Crippen molar-refractivity contribution in [2.45, 2.75) is 20.3 Å². The molecule has 1 aliphatic rings. The largest absolute Gasteiger partial charge is 0.396 e. The molecule has 2 atom stereocenters. The number of piperidine rings is 1. The maximum atomic E-state index is 13.8. The number of hydrogen-bond acceptors (Lipinski definition) is 2. The molecule has 0 spiro atoms. The van der Waals surface area contributed by atoms with Gasteiger partial charge in [0.25, 0.3) is 5.91 Å². The third-order valence-electron chi connectivity index (χ3n) is 3.96. The van der Waals surface area contributed by atoms with E-state index in [0.29, 0.717) is 24.9 Å². The molecule has 0 radical (unpaired) electrons. The Morgan fingerprint density at radius 2 is 2.00 bits per heavy atom. The highest BCUT2D eigenvalue weighted by Gasteiger charge is 2.30. The number of likely N-dealkylation sites (tertiary alicyclic amines) is 1. The van der Waals surface area contributed by atoms with Gasteiger partial charge in [0.1, 0.15) is 11.4 Å². The smallest absolute Gasteiger partial charge is 0.259 e. The van der Waals surface area contributed by atoms with Gasteiger partial charge in [0.15, 0.2) is 5.82 Å². The highest BCUT2D eigenvalue weighted by molar-refractivity contribution is 5.95. The predicted octanol–water partition coefficient (Wildman–Crippen LogP) is 2.67. The fourth-order valence-electron chi connectivity index (χ4n) is 2.37. The average Bonchev–Trinajstić information content (AvgIpc) is 2.37. The zero-order valence-electron chi connectivity index (χ0n) is 11.1. The summed E-state index contributed by atoms with van der Waals surface area (Å²) in [6.07, 6.45) is 0.846. The number of carbonyl (C=O) groups excluding carboxylic acids is 1. The second-order valence-corrected chi connectivity index (χ2v) is 5.32. The van der Waals surface area contributed by atoms with Gasteiger partial charge in [-0.25, -0.2) is 8.78 Å². The van der Waals surface area contributed by atoms with Gasteiger partial charge in [-0.2, -0.15) is 0 Å². The molecule has 0 aromatic heterocycles. The molecular formula is C14H18F2N2O. The van der Waals surface area contributed by atoms with Crippen LogP contribution < -0.4 is 5.73 Å². The quantitative estimate of drug-likeness (QED) is 0.796. The van der Waals surface area contributed by atoms with Crippen LogP contribution in [-0.4, -0.2) is 23.9 Å². The molecule has 2 N–H and O–H groups in total. The van der Waals surface area contributed by atoms with Gasteiger partial charge in [-0.05, 0) is 30.4 Å². The topological polar surface area (TPSA) is 46.3 Å². The summed E-state index contributed by atoms with van der Waals surface area (Å²) in [6, 6.07) is 2.16. The summed E-state index contributed by atoms with van der Waals surface area (Å²) in [4.78, 5) is 13.7. The molecule has 5 heteroatoms. The summed E-state index contributed by atoms with van der Waals surface area (Å²) < 4.78 is 27.5. The van der Waals surface area contributed by atoms with Gasteiger partial charge in [0.2, 0.25) is 0 Å². The molecular weight excluding hydrogens is 250 g/mol. The molecule has 1 aromatic rings. The van der Waals surface area contributed by atoms with Crippen molar-refractivity contribution in [2.24, 2.45) is 11.8 Å². The zero-order chi connectivity index (χ0) is 14.2. The van der Waals surface area contributed by atoms with Crippen LogP contribution in [-0.2, 0) is 0 Å². The summed E-state index contributed by atoms with van der Waals surface area (Å²) in [5.74, 6) is -1.59. The Morgan fingerprint density at radius 1 is 1.32 bits per heavy atom. The first-order valence-electron chi connectivity index (χ1n) is 6.44. The lowest BCUT2D eigenvalue weighted by molar-refractivity contribution is 0.0618. The second kappa shape index (κ2) is 5.15. The van der Waals surface area contributed by atoms with Gasteiger partial charge in [0.05, 0.1) is 5.69 Å². The van der Waals surface area contributed by atoms with E-state index in [2.05, 4.69) is 6.92 Å². The number of hydrogen-bond donors (Lipinski definition) is 1. The number of nitrogens with zero attached hydrogens (tertiary/aromatic N) is 1. The van der Waals surface area contributed by atoms with E-state index in [1.165, 1.54) is 4.90 Å². The van der Waals surface area contributed by atoms with Gasteiger partial charge in [0, 0.05) is 13.1 Å². The minimum Gasteiger partial charge on any atom is -0.396 e. The van der Waals surface area contributed by atoms with Crippen molar-refractivity contribution < 1.29 is 13.6 Å². The Morgan fingerprint density at radius 3 is 2.63 bits per heavy atom. The first-order chi connectivity index (χ1) is 8.91. The van der Waals surface area contributed by atoms with E-state index < -0.39 is 23.1 Å². The van der Waals surface area contributed by atoms with E-state index in [1.54, 1.807) is 0 Å². The molecule has 0 aliphatic carbocycles. The van der Waals surface area contributed by atoms with Crippen LogP contribution in [0.15, 0.2) is 12.1 Å². The molecule has 3 nitrogen and oxygen atoms in total. The summed E-state index contributed by atoms with van der Waals surface area (Å²) in [5.41, 5.74) is 4.65. The standard InChI is InChI=1S/C14H18F2N2O/c1-8-5-6-18(7-9(8)2)14(19)12-10(15)3-4-11(17)13(12)16/h3-4,8-9H,5-7,17H2,1-2H3. The lowest BCUT2D eigenvalue weighted by Gasteiger charge is -2.35. The van der Waals surface area contributed by atoms with Crippen molar-refractivity contribution in [3.63, 3.8) is 0 Å². The Bertz CT molecular complexity index is 504. The van der Waals surface area contributed by atoms with Crippen molar-refractivity contribution in [3.05, 3.63) is 29.3 Å². The Kier molecular flexibility index (Phi) is 3.73. The molecule has 1 aliphatic heterocycles. The normalized spacial score (nSPS) is 23.5. The lowest BCUT2D eigenvalue weighted by atomic mass is 9.88. The van der Waals surface area contributed by atoms with Crippen LogP contribution in [0, 0.1) is 23.5 Å². The molecule has 0 saturated carbocycles. The Hall–Kier alpha value is -1.65. The zero-order valence-corrected chi connectivity index (χ0v) is 11.1. The van der Waals surface area contributed by atoms with Crippen LogP contribution in [0.3, 0.4) is 0 Å². The van der Waals surface area contributed by atoms with Crippen LogP contribution in [0.5, 0.6) is 0 Å². The second-order valence-electron chi connectivity index (χ2n) is 5.32. The molecule has 1 fully saturated rings. The monoisotopic (exact) mass is 268 g/mol. The average molecular weight is 268 g/mol. The van der Waals surface area contributed by atoms with Crippen LogP contribution in [0.25, 0.3) is 0 Å². The number of nitrogen functional groups attached to an aromatic ring is 1. The molecule has 1 saturated heterocycles. The lowest BCUT2D eigenvalue weighted by Crippen LogP contribution is -2.42. The third kappa shape index (κ3) is 2.55. The molecule has 2 unspecified atom stereocenters. The van der Waals surface area contributed by atoms with E-state index in [9.17, 15) is 13.6 Å². The van der Waals surface area contributed by atoms with E-state index in [-0.39, 0.29) is 5.69 Å². The van der Waals surface area contributed by atoms with Gasteiger partial charge in [-0.3, -0.25) is 4.79 Å². The van der Waals surface area contributed by atoms with Gasteiger partial charge < -0.3 is 10.6 Å². The highest BCUT2D eigenvalue weighted by Crippen LogP contribution is 2.26. The van der Waals surface area contributed by atoms with Crippen molar-refractivity contribution in [3.8, 4) is 0 Å². The van der Waals surface area contributed by atoms with Crippen LogP contribution in [0.2, 0.25) is 0 Å². The van der Waals surface area contributed by atoms with Crippen LogP contribution in [0.1, 0.15) is 30.6 Å². The number of rotatable bonds is 1. The minimum absolute atomic E-state index is 0.205. The number of anilines is 1. The first-order valence-corrected chi connectivity index (χ1v) is 6.44. The number of halogens is 2. The molecule has 19 heavy (non-hydrogen) atoms. The maximum Gasteiger partial charge on any atom is 0.259 e. The predicted molar refractivity (Wildman–Crippen MR) is 69.6 cm³/mol. The molecule has 104 valence electrons. The molecule has 2 rings (SSSR count). The highest BCUT2D eigenvalue weighted by atomic mass is 19.1. The molecule has 0 bridgehead atoms. The molecule has 1 aromatic carbocycles. The number of nitrogens with two attached hydrogens (primary N) is 1. The van der Waals surface area contributed by atoms with E-state index in [4.69, 9.17) is 5.73 Å². The van der Waals surface area contributed by atoms with Crippen molar-refractivity contribution in [2.75, 3.05) is 18.8 Å². The van der Waals surface area contributed by atoms with Crippen molar-refractivity contribution >= 4 is 11.6 Å².